The number of ketones is 1. The predicted octanol–water partition coefficient (Wildman–Crippen LogP) is 1.28. The van der Waals surface area contributed by atoms with Gasteiger partial charge in [0, 0.05) is 36.5 Å². The molecule has 1 saturated carbocycles. The molecule has 0 atom stereocenters. The second kappa shape index (κ2) is 8.31. The summed E-state index contributed by atoms with van der Waals surface area (Å²) in [5.41, 5.74) is 6.45. The zero-order chi connectivity index (χ0) is 22.1. The molecule has 0 spiro atoms. The molecule has 32 heavy (non-hydrogen) atoms. The van der Waals surface area contributed by atoms with E-state index in [2.05, 4.69) is 40.8 Å². The maximum absolute atomic E-state index is 13.4. The molecule has 0 bridgehead atoms. The van der Waals surface area contributed by atoms with Gasteiger partial charge in [-0.15, -0.1) is 0 Å². The van der Waals surface area contributed by atoms with Crippen molar-refractivity contribution in [2.24, 2.45) is 5.10 Å². The number of hydrazone groups is 1. The van der Waals surface area contributed by atoms with E-state index in [1.54, 1.807) is 24.7 Å². The molecule has 0 radical (unpaired) electrons. The molecule has 1 fully saturated rings. The molecule has 162 valence electrons. The maximum Gasteiger partial charge on any atom is 0.273 e. The van der Waals surface area contributed by atoms with Gasteiger partial charge in [0.15, 0.2) is 5.82 Å². The molecular weight excluding hydrogens is 408 g/mol. The molecule has 10 heteroatoms. The van der Waals surface area contributed by atoms with E-state index in [-0.39, 0.29) is 17.5 Å². The van der Waals surface area contributed by atoms with Gasteiger partial charge >= 0.3 is 0 Å². The van der Waals surface area contributed by atoms with E-state index in [0.717, 1.165) is 17.8 Å². The molecule has 1 amide bonds. The molecular formula is C22H22N8O2. The molecule has 4 N–H and O–H groups in total. The van der Waals surface area contributed by atoms with E-state index in [1.165, 1.54) is 25.2 Å². The Morgan fingerprint density at radius 2 is 2.12 bits per heavy atom. The SMILES string of the molecule is Cc1[nH]c(C=C2C(=O)NN=C2c2cnccn2)c(C(=O)c2ncc[nH]2)c1CCNC1CC1. The van der Waals surface area contributed by atoms with Crippen LogP contribution in [0.4, 0.5) is 0 Å². The van der Waals surface area contributed by atoms with Gasteiger partial charge in [-0.25, -0.2) is 10.4 Å². The van der Waals surface area contributed by atoms with Gasteiger partial charge in [0.25, 0.3) is 5.91 Å². The van der Waals surface area contributed by atoms with Gasteiger partial charge in [0.1, 0.15) is 11.4 Å². The van der Waals surface area contributed by atoms with E-state index in [0.29, 0.717) is 40.7 Å². The highest BCUT2D eigenvalue weighted by molar-refractivity contribution is 6.32. The van der Waals surface area contributed by atoms with Crippen LogP contribution < -0.4 is 10.7 Å². The van der Waals surface area contributed by atoms with Crippen LogP contribution in [0.15, 0.2) is 41.7 Å². The fourth-order valence-corrected chi connectivity index (χ4v) is 3.80. The largest absolute Gasteiger partial charge is 0.358 e. The van der Waals surface area contributed by atoms with E-state index < -0.39 is 0 Å². The number of carbonyl (C=O) groups is 2. The minimum atomic E-state index is -0.369. The Hall–Kier alpha value is -3.92. The van der Waals surface area contributed by atoms with Crippen molar-refractivity contribution in [2.75, 3.05) is 6.54 Å². The zero-order valence-corrected chi connectivity index (χ0v) is 17.5. The second-order valence-electron chi connectivity index (χ2n) is 7.81. The van der Waals surface area contributed by atoms with Crippen LogP contribution >= 0.6 is 0 Å². The van der Waals surface area contributed by atoms with Crippen molar-refractivity contribution in [2.45, 2.75) is 32.2 Å². The first-order chi connectivity index (χ1) is 15.6. The number of rotatable bonds is 8. The zero-order valence-electron chi connectivity index (χ0n) is 17.5. The molecule has 1 aliphatic carbocycles. The molecule has 3 aromatic rings. The van der Waals surface area contributed by atoms with Crippen molar-refractivity contribution in [3.63, 3.8) is 0 Å². The summed E-state index contributed by atoms with van der Waals surface area (Å²) in [7, 11) is 0. The molecule has 0 unspecified atom stereocenters. The first kappa shape index (κ1) is 20.0. The number of imidazole rings is 1. The Morgan fingerprint density at radius 3 is 2.84 bits per heavy atom. The summed E-state index contributed by atoms with van der Waals surface area (Å²) in [6.07, 6.45) is 12.5. The second-order valence-corrected chi connectivity index (χ2v) is 7.81. The van der Waals surface area contributed by atoms with Crippen LogP contribution in [0.1, 0.15) is 51.7 Å². The number of aryl methyl sites for hydroxylation is 1. The summed E-state index contributed by atoms with van der Waals surface area (Å²) in [5, 5.41) is 7.60. The number of aromatic nitrogens is 5. The molecule has 0 aromatic carbocycles. The number of amides is 1. The van der Waals surface area contributed by atoms with Crippen molar-refractivity contribution in [3.05, 3.63) is 70.6 Å². The van der Waals surface area contributed by atoms with Crippen LogP contribution in [-0.2, 0) is 11.2 Å². The summed E-state index contributed by atoms with van der Waals surface area (Å²) in [5.74, 6) is -0.353. The van der Waals surface area contributed by atoms with Gasteiger partial charge in [0.05, 0.1) is 23.0 Å². The average molecular weight is 430 g/mol. The lowest BCUT2D eigenvalue weighted by Gasteiger charge is -2.07. The molecule has 4 heterocycles. The van der Waals surface area contributed by atoms with E-state index in [1.807, 2.05) is 6.92 Å². The van der Waals surface area contributed by atoms with Gasteiger partial charge in [-0.05, 0) is 44.4 Å². The van der Waals surface area contributed by atoms with Gasteiger partial charge in [-0.2, -0.15) is 5.10 Å². The Labute approximate surface area is 183 Å². The topological polar surface area (TPSA) is 141 Å². The smallest absolute Gasteiger partial charge is 0.273 e. The van der Waals surface area contributed by atoms with Crippen LogP contribution in [-0.4, -0.2) is 54.9 Å². The number of hydrogen-bond donors (Lipinski definition) is 4. The highest BCUT2D eigenvalue weighted by Crippen LogP contribution is 2.26. The Balaban J connectivity index is 1.56. The van der Waals surface area contributed by atoms with Crippen molar-refractivity contribution in [1.29, 1.82) is 0 Å². The predicted molar refractivity (Wildman–Crippen MR) is 117 cm³/mol. The van der Waals surface area contributed by atoms with Crippen molar-refractivity contribution in [3.8, 4) is 0 Å². The Kier molecular flexibility index (Phi) is 5.20. The molecule has 2 aliphatic rings. The third kappa shape index (κ3) is 3.87. The first-order valence-electron chi connectivity index (χ1n) is 10.5. The monoisotopic (exact) mass is 430 g/mol. The molecule has 1 aliphatic heterocycles. The van der Waals surface area contributed by atoms with E-state index in [4.69, 9.17) is 0 Å². The lowest BCUT2D eigenvalue weighted by molar-refractivity contribution is -0.116. The summed E-state index contributed by atoms with van der Waals surface area (Å²) in [6, 6.07) is 0.577. The lowest BCUT2D eigenvalue weighted by atomic mass is 9.98. The van der Waals surface area contributed by atoms with Gasteiger partial charge in [0.2, 0.25) is 5.78 Å². The lowest BCUT2D eigenvalue weighted by Crippen LogP contribution is -2.20. The summed E-state index contributed by atoms with van der Waals surface area (Å²) in [4.78, 5) is 44.5. The van der Waals surface area contributed by atoms with Crippen LogP contribution in [0.5, 0.6) is 0 Å². The summed E-state index contributed by atoms with van der Waals surface area (Å²) in [6.45, 7) is 2.70. The number of carbonyl (C=O) groups excluding carboxylic acids is 2. The minimum Gasteiger partial charge on any atom is -0.358 e. The highest BCUT2D eigenvalue weighted by atomic mass is 16.2. The van der Waals surface area contributed by atoms with Crippen LogP contribution in [0.25, 0.3) is 6.08 Å². The van der Waals surface area contributed by atoms with Crippen molar-refractivity contribution < 1.29 is 9.59 Å². The summed E-state index contributed by atoms with van der Waals surface area (Å²) >= 11 is 0. The fraction of sp³-hybridized carbons (Fsp3) is 0.273. The quantitative estimate of drug-likeness (QED) is 0.313. The van der Waals surface area contributed by atoms with Crippen LogP contribution in [0.3, 0.4) is 0 Å². The van der Waals surface area contributed by atoms with Crippen LogP contribution in [0.2, 0.25) is 0 Å². The van der Waals surface area contributed by atoms with E-state index in [9.17, 15) is 9.59 Å². The number of nitrogens with zero attached hydrogens (tertiary/aromatic N) is 4. The third-order valence-electron chi connectivity index (χ3n) is 5.54. The Morgan fingerprint density at radius 1 is 1.25 bits per heavy atom. The molecule has 5 rings (SSSR count). The highest BCUT2D eigenvalue weighted by Gasteiger charge is 2.29. The molecule has 3 aromatic heterocycles. The first-order valence-corrected chi connectivity index (χ1v) is 10.5. The van der Waals surface area contributed by atoms with E-state index >= 15 is 0 Å². The van der Waals surface area contributed by atoms with Gasteiger partial charge < -0.3 is 15.3 Å². The normalized spacial score (nSPS) is 17.0. The third-order valence-corrected chi connectivity index (χ3v) is 5.54. The average Bonchev–Trinajstić information content (AvgIpc) is 3.18. The Bertz CT molecular complexity index is 1220. The molecule has 10 nitrogen and oxygen atoms in total. The van der Waals surface area contributed by atoms with Crippen LogP contribution in [0, 0.1) is 6.92 Å². The maximum atomic E-state index is 13.4. The van der Waals surface area contributed by atoms with Gasteiger partial charge in [-0.3, -0.25) is 19.6 Å². The van der Waals surface area contributed by atoms with Gasteiger partial charge in [-0.1, -0.05) is 0 Å². The number of hydrogen-bond acceptors (Lipinski definition) is 7. The number of H-pyrrole nitrogens is 2. The minimum absolute atomic E-state index is 0.232. The standard InChI is InChI=1S/C22H22N8O2/c1-12-14(4-5-24-13-2-3-13)18(20(31)21-26-8-9-27-21)16(28-12)10-15-19(29-30-22(15)32)17-11-23-6-7-25-17/h6-11,13,24,28H,2-5H2,1H3,(H,26,27)(H,30,32). The summed E-state index contributed by atoms with van der Waals surface area (Å²) < 4.78 is 0. The van der Waals surface area contributed by atoms with Crippen molar-refractivity contribution >= 4 is 23.5 Å². The number of nitrogens with one attached hydrogen (secondary N) is 4. The fourth-order valence-electron chi connectivity index (χ4n) is 3.80. The molecule has 0 saturated heterocycles. The van der Waals surface area contributed by atoms with Crippen molar-refractivity contribution in [1.82, 2.24) is 35.7 Å². The number of aromatic amines is 2.